The van der Waals surface area contributed by atoms with E-state index in [9.17, 15) is 10.2 Å². The summed E-state index contributed by atoms with van der Waals surface area (Å²) in [6.07, 6.45) is -0.954. The molecule has 1 unspecified atom stereocenters. The lowest BCUT2D eigenvalue weighted by Crippen LogP contribution is -2.16. The molecule has 0 amide bonds. The molecule has 1 aromatic rings. The van der Waals surface area contributed by atoms with Crippen LogP contribution in [0.25, 0.3) is 0 Å². The Labute approximate surface area is 103 Å². The quantitative estimate of drug-likeness (QED) is 0.775. The molecular formula is C14H22O3. The van der Waals surface area contributed by atoms with E-state index in [0.29, 0.717) is 12.3 Å². The summed E-state index contributed by atoms with van der Waals surface area (Å²) in [4.78, 5) is 0. The van der Waals surface area contributed by atoms with E-state index in [4.69, 9.17) is 4.74 Å². The number of hydrogen-bond donors (Lipinski definition) is 2. The van der Waals surface area contributed by atoms with Gasteiger partial charge in [0.2, 0.25) is 0 Å². The van der Waals surface area contributed by atoms with Gasteiger partial charge in [0, 0.05) is 6.42 Å². The van der Waals surface area contributed by atoms with Gasteiger partial charge < -0.3 is 14.9 Å². The van der Waals surface area contributed by atoms with Gasteiger partial charge in [-0.3, -0.25) is 0 Å². The van der Waals surface area contributed by atoms with Crippen molar-refractivity contribution in [2.24, 2.45) is 5.92 Å². The van der Waals surface area contributed by atoms with E-state index >= 15 is 0 Å². The number of aliphatic hydroxyl groups excluding tert-OH is 1. The zero-order valence-corrected chi connectivity index (χ0v) is 11.0. The molecule has 0 aliphatic rings. The third-order valence-electron chi connectivity index (χ3n) is 3.05. The monoisotopic (exact) mass is 238 g/mol. The molecule has 0 aliphatic carbocycles. The largest absolute Gasteiger partial charge is 0.496 e. The second-order valence-electron chi connectivity index (χ2n) is 4.81. The molecule has 0 heterocycles. The highest BCUT2D eigenvalue weighted by Gasteiger charge is 2.22. The average molecular weight is 238 g/mol. The minimum Gasteiger partial charge on any atom is -0.496 e. The van der Waals surface area contributed by atoms with Crippen molar-refractivity contribution in [3.63, 3.8) is 0 Å². The average Bonchev–Trinajstić information content (AvgIpc) is 2.25. The van der Waals surface area contributed by atoms with Crippen molar-refractivity contribution < 1.29 is 14.9 Å². The van der Waals surface area contributed by atoms with Crippen LogP contribution < -0.4 is 4.74 Å². The zero-order chi connectivity index (χ0) is 13.0. The van der Waals surface area contributed by atoms with Crippen LogP contribution in [0.5, 0.6) is 5.75 Å². The van der Waals surface area contributed by atoms with Crippen molar-refractivity contribution in [3.05, 3.63) is 29.3 Å². The van der Waals surface area contributed by atoms with Crippen molar-refractivity contribution in [1.82, 2.24) is 0 Å². The lowest BCUT2D eigenvalue weighted by molar-refractivity contribution is -0.0526. The summed E-state index contributed by atoms with van der Waals surface area (Å²) in [6, 6.07) is 5.99. The van der Waals surface area contributed by atoms with E-state index in [2.05, 4.69) is 19.9 Å². The number of ether oxygens (including phenoxy) is 1. The number of hydrogen-bond acceptors (Lipinski definition) is 3. The summed E-state index contributed by atoms with van der Waals surface area (Å²) in [7, 11) is 1.64. The van der Waals surface area contributed by atoms with Gasteiger partial charge >= 0.3 is 0 Å². The number of aliphatic hydroxyl groups is 2. The summed E-state index contributed by atoms with van der Waals surface area (Å²) in [5.41, 5.74) is 2.20. The van der Waals surface area contributed by atoms with Crippen LogP contribution in [-0.4, -0.2) is 23.6 Å². The molecule has 1 atom stereocenters. The second-order valence-corrected chi connectivity index (χ2v) is 4.81. The van der Waals surface area contributed by atoms with Crippen LogP contribution in [0, 0.1) is 12.8 Å². The van der Waals surface area contributed by atoms with Crippen molar-refractivity contribution in [1.29, 1.82) is 0 Å². The van der Waals surface area contributed by atoms with E-state index < -0.39 is 6.29 Å². The minimum atomic E-state index is -1.28. The highest BCUT2D eigenvalue weighted by molar-refractivity contribution is 5.39. The van der Waals surface area contributed by atoms with E-state index in [-0.39, 0.29) is 5.92 Å². The fraction of sp³-hybridized carbons (Fsp3) is 0.571. The summed E-state index contributed by atoms with van der Waals surface area (Å²) in [6.45, 7) is 6.18. The second kappa shape index (κ2) is 6.03. The van der Waals surface area contributed by atoms with Gasteiger partial charge in [-0.1, -0.05) is 31.5 Å². The molecule has 96 valence electrons. The Morgan fingerprint density at radius 2 is 1.88 bits per heavy atom. The first-order valence-corrected chi connectivity index (χ1v) is 5.96. The van der Waals surface area contributed by atoms with Crippen molar-refractivity contribution in [2.75, 3.05) is 7.11 Å². The van der Waals surface area contributed by atoms with Gasteiger partial charge in [0.15, 0.2) is 6.29 Å². The maximum atomic E-state index is 9.18. The molecule has 0 bridgehead atoms. The van der Waals surface area contributed by atoms with Crippen LogP contribution in [0.15, 0.2) is 18.2 Å². The topological polar surface area (TPSA) is 49.7 Å². The van der Waals surface area contributed by atoms with E-state index in [0.717, 1.165) is 16.9 Å². The van der Waals surface area contributed by atoms with Gasteiger partial charge in [0.1, 0.15) is 5.75 Å². The van der Waals surface area contributed by atoms with Crippen LogP contribution in [0.1, 0.15) is 37.3 Å². The smallest absolute Gasteiger partial charge is 0.152 e. The van der Waals surface area contributed by atoms with Crippen molar-refractivity contribution in [2.45, 2.75) is 39.4 Å². The standard InChI is InChI=1S/C14H22O3/c1-9(2)11(8-14(15)16)12-7-10(3)5-6-13(12)17-4/h5-7,9,11,14-16H,8H2,1-4H3. The van der Waals surface area contributed by atoms with Crippen molar-refractivity contribution in [3.8, 4) is 5.75 Å². The van der Waals surface area contributed by atoms with Gasteiger partial charge in [0.25, 0.3) is 0 Å². The van der Waals surface area contributed by atoms with Crippen LogP contribution >= 0.6 is 0 Å². The van der Waals surface area contributed by atoms with Crippen LogP contribution in [-0.2, 0) is 0 Å². The van der Waals surface area contributed by atoms with Crippen LogP contribution in [0.4, 0.5) is 0 Å². The van der Waals surface area contributed by atoms with Gasteiger partial charge in [-0.05, 0) is 30.4 Å². The first-order chi connectivity index (χ1) is 7.95. The molecule has 0 aliphatic heterocycles. The molecule has 0 saturated carbocycles. The Balaban J connectivity index is 3.11. The molecule has 1 rings (SSSR count). The van der Waals surface area contributed by atoms with Gasteiger partial charge in [-0.25, -0.2) is 0 Å². The summed E-state index contributed by atoms with van der Waals surface area (Å²) < 4.78 is 5.35. The van der Waals surface area contributed by atoms with E-state index in [1.165, 1.54) is 0 Å². The highest BCUT2D eigenvalue weighted by atomic mass is 16.5. The zero-order valence-electron chi connectivity index (χ0n) is 11.0. The van der Waals surface area contributed by atoms with Crippen LogP contribution in [0.3, 0.4) is 0 Å². The lowest BCUT2D eigenvalue weighted by Gasteiger charge is -2.24. The van der Waals surface area contributed by atoms with Gasteiger partial charge in [-0.15, -0.1) is 0 Å². The number of benzene rings is 1. The predicted octanol–water partition coefficient (Wildman–Crippen LogP) is 2.44. The van der Waals surface area contributed by atoms with Gasteiger partial charge in [-0.2, -0.15) is 0 Å². The predicted molar refractivity (Wildman–Crippen MR) is 68.2 cm³/mol. The molecule has 2 N–H and O–H groups in total. The highest BCUT2D eigenvalue weighted by Crippen LogP contribution is 2.35. The fourth-order valence-corrected chi connectivity index (χ4v) is 2.13. The summed E-state index contributed by atoms with van der Waals surface area (Å²) in [5, 5.41) is 18.4. The molecule has 0 fully saturated rings. The fourth-order valence-electron chi connectivity index (χ4n) is 2.13. The Kier molecular flexibility index (Phi) is 4.97. The maximum absolute atomic E-state index is 9.18. The molecule has 0 saturated heterocycles. The molecule has 3 heteroatoms. The number of rotatable bonds is 5. The molecule has 1 aromatic carbocycles. The third-order valence-corrected chi connectivity index (χ3v) is 3.05. The lowest BCUT2D eigenvalue weighted by atomic mass is 9.84. The molecule has 0 radical (unpaired) electrons. The maximum Gasteiger partial charge on any atom is 0.152 e. The van der Waals surface area contributed by atoms with Crippen LogP contribution in [0.2, 0.25) is 0 Å². The Morgan fingerprint density at radius 1 is 1.24 bits per heavy atom. The number of methoxy groups -OCH3 is 1. The van der Waals surface area contributed by atoms with E-state index in [1.54, 1.807) is 7.11 Å². The normalized spacial score (nSPS) is 13.2. The Bertz CT molecular complexity index is 358. The van der Waals surface area contributed by atoms with Gasteiger partial charge in [0.05, 0.1) is 7.11 Å². The van der Waals surface area contributed by atoms with E-state index in [1.807, 2.05) is 19.1 Å². The SMILES string of the molecule is COc1ccc(C)cc1C(CC(O)O)C(C)C. The van der Waals surface area contributed by atoms with Crippen molar-refractivity contribution >= 4 is 0 Å². The molecule has 17 heavy (non-hydrogen) atoms. The summed E-state index contributed by atoms with van der Waals surface area (Å²) >= 11 is 0. The first kappa shape index (κ1) is 14.0. The molecule has 0 spiro atoms. The first-order valence-electron chi connectivity index (χ1n) is 5.96. The number of aryl methyl sites for hydroxylation is 1. The minimum absolute atomic E-state index is 0.0878. The molecule has 3 nitrogen and oxygen atoms in total. The third kappa shape index (κ3) is 3.72. The summed E-state index contributed by atoms with van der Waals surface area (Å²) in [5.74, 6) is 1.23. The molecular weight excluding hydrogens is 216 g/mol. The Morgan fingerprint density at radius 3 is 2.35 bits per heavy atom. The molecule has 0 aromatic heterocycles. The Hall–Kier alpha value is -1.06.